The van der Waals surface area contributed by atoms with E-state index < -0.39 is 13.0 Å². The Bertz CT molecular complexity index is 435. The van der Waals surface area contributed by atoms with Gasteiger partial charge in [0.25, 0.3) is 6.43 Å². The molecule has 106 valence electrons. The highest BCUT2D eigenvalue weighted by Crippen LogP contribution is 2.13. The van der Waals surface area contributed by atoms with Crippen LogP contribution in [0.2, 0.25) is 0 Å². The zero-order chi connectivity index (χ0) is 14.4. The smallest absolute Gasteiger partial charge is 0.255 e. The second kappa shape index (κ2) is 7.19. The zero-order valence-electron chi connectivity index (χ0n) is 11.2. The normalized spacial score (nSPS) is 10.8. The van der Waals surface area contributed by atoms with Crippen LogP contribution in [0.3, 0.4) is 0 Å². The van der Waals surface area contributed by atoms with Crippen LogP contribution in [-0.4, -0.2) is 42.0 Å². The fraction of sp³-hybridized carbons (Fsp3) is 0.500. The molecule has 0 unspecified atom stereocenters. The molecule has 0 spiro atoms. The average molecular weight is 271 g/mol. The molecule has 1 rings (SSSR count). The molecule has 0 heterocycles. The Morgan fingerprint density at radius 2 is 2.05 bits per heavy atom. The Morgan fingerprint density at radius 3 is 2.63 bits per heavy atom. The van der Waals surface area contributed by atoms with Crippen LogP contribution in [0.4, 0.5) is 8.78 Å². The minimum absolute atomic E-state index is 0.0615. The summed E-state index contributed by atoms with van der Waals surface area (Å²) >= 11 is 0. The van der Waals surface area contributed by atoms with Gasteiger partial charge < -0.3 is 10.0 Å². The van der Waals surface area contributed by atoms with Crippen LogP contribution < -0.4 is 0 Å². The molecule has 0 aliphatic carbocycles. The van der Waals surface area contributed by atoms with Crippen molar-refractivity contribution in [2.45, 2.75) is 26.7 Å². The summed E-state index contributed by atoms with van der Waals surface area (Å²) in [6, 6.07) is 5.72. The van der Waals surface area contributed by atoms with E-state index in [-0.39, 0.29) is 25.5 Å². The number of rotatable bonds is 6. The van der Waals surface area contributed by atoms with Crippen LogP contribution in [0.5, 0.6) is 0 Å². The Hall–Kier alpha value is -1.49. The Morgan fingerprint density at radius 1 is 1.37 bits per heavy atom. The number of halogens is 2. The monoisotopic (exact) mass is 271 g/mol. The predicted octanol–water partition coefficient (Wildman–Crippen LogP) is 1.93. The van der Waals surface area contributed by atoms with E-state index in [2.05, 4.69) is 0 Å². The first kappa shape index (κ1) is 15.6. The van der Waals surface area contributed by atoms with Crippen LogP contribution in [0.15, 0.2) is 18.2 Å². The fourth-order valence-electron chi connectivity index (χ4n) is 1.87. The number of alkyl halides is 2. The molecule has 0 aliphatic heterocycles. The zero-order valence-corrected chi connectivity index (χ0v) is 11.2. The van der Waals surface area contributed by atoms with E-state index in [1.165, 1.54) is 0 Å². The molecule has 1 aromatic carbocycles. The molecule has 0 atom stereocenters. The van der Waals surface area contributed by atoms with Crippen molar-refractivity contribution in [3.05, 3.63) is 34.9 Å². The number of benzene rings is 1. The second-order valence-corrected chi connectivity index (χ2v) is 4.56. The van der Waals surface area contributed by atoms with Gasteiger partial charge in [-0.25, -0.2) is 8.78 Å². The highest BCUT2D eigenvalue weighted by molar-refractivity contribution is 5.79. The molecule has 0 fully saturated rings. The van der Waals surface area contributed by atoms with Crippen LogP contribution >= 0.6 is 0 Å². The van der Waals surface area contributed by atoms with Crippen LogP contribution in [-0.2, 0) is 11.2 Å². The molecule has 3 nitrogen and oxygen atoms in total. The van der Waals surface area contributed by atoms with Gasteiger partial charge in [-0.3, -0.25) is 4.79 Å². The molecule has 1 aromatic rings. The SMILES string of the molecule is Cc1ccc(C)c(CC(=O)N(CCO)CC(F)F)c1. The van der Waals surface area contributed by atoms with E-state index in [0.29, 0.717) is 0 Å². The van der Waals surface area contributed by atoms with Crippen molar-refractivity contribution in [3.8, 4) is 0 Å². The quantitative estimate of drug-likeness (QED) is 0.859. The van der Waals surface area contributed by atoms with Crippen LogP contribution in [0.25, 0.3) is 0 Å². The average Bonchev–Trinajstić information content (AvgIpc) is 2.32. The second-order valence-electron chi connectivity index (χ2n) is 4.56. The molecule has 1 amide bonds. The highest BCUT2D eigenvalue weighted by atomic mass is 19.3. The molecule has 0 aromatic heterocycles. The first-order valence-corrected chi connectivity index (χ1v) is 6.17. The van der Waals surface area contributed by atoms with Gasteiger partial charge in [-0.05, 0) is 25.0 Å². The van der Waals surface area contributed by atoms with E-state index in [9.17, 15) is 13.6 Å². The van der Waals surface area contributed by atoms with E-state index in [1.54, 1.807) is 0 Å². The number of nitrogens with zero attached hydrogens (tertiary/aromatic N) is 1. The lowest BCUT2D eigenvalue weighted by molar-refractivity contribution is -0.133. The lowest BCUT2D eigenvalue weighted by Crippen LogP contribution is -2.38. The van der Waals surface area contributed by atoms with E-state index in [0.717, 1.165) is 21.6 Å². The Balaban J connectivity index is 2.77. The van der Waals surface area contributed by atoms with Gasteiger partial charge in [0.1, 0.15) is 0 Å². The Labute approximate surface area is 111 Å². The van der Waals surface area contributed by atoms with Gasteiger partial charge >= 0.3 is 0 Å². The predicted molar refractivity (Wildman–Crippen MR) is 69.3 cm³/mol. The fourth-order valence-corrected chi connectivity index (χ4v) is 1.87. The number of aliphatic hydroxyl groups is 1. The third kappa shape index (κ3) is 4.95. The largest absolute Gasteiger partial charge is 0.395 e. The van der Waals surface area contributed by atoms with Gasteiger partial charge in [0.15, 0.2) is 0 Å². The summed E-state index contributed by atoms with van der Waals surface area (Å²) in [5.74, 6) is -0.386. The molecular formula is C14H19F2NO2. The summed E-state index contributed by atoms with van der Waals surface area (Å²) in [4.78, 5) is 13.0. The maximum absolute atomic E-state index is 12.4. The number of hydrogen-bond acceptors (Lipinski definition) is 2. The van der Waals surface area contributed by atoms with Crippen LogP contribution in [0.1, 0.15) is 16.7 Å². The van der Waals surface area contributed by atoms with E-state index >= 15 is 0 Å². The molecule has 0 saturated heterocycles. The molecule has 0 saturated carbocycles. The first-order valence-electron chi connectivity index (χ1n) is 6.17. The third-order valence-electron chi connectivity index (χ3n) is 2.93. The van der Waals surface area contributed by atoms with Crippen molar-refractivity contribution in [1.82, 2.24) is 4.90 Å². The van der Waals surface area contributed by atoms with Gasteiger partial charge in [-0.1, -0.05) is 23.8 Å². The molecule has 0 radical (unpaired) electrons. The standard InChI is InChI=1S/C14H19F2NO2/c1-10-3-4-11(2)12(7-10)8-14(19)17(5-6-18)9-13(15)16/h3-4,7,13,18H,5-6,8-9H2,1-2H3. The van der Waals surface area contributed by atoms with Crippen molar-refractivity contribution >= 4 is 5.91 Å². The molecule has 5 heteroatoms. The number of aliphatic hydroxyl groups excluding tert-OH is 1. The molecular weight excluding hydrogens is 252 g/mol. The van der Waals surface area contributed by atoms with Crippen molar-refractivity contribution in [2.24, 2.45) is 0 Å². The summed E-state index contributed by atoms with van der Waals surface area (Å²) in [6.45, 7) is 2.78. The summed E-state index contributed by atoms with van der Waals surface area (Å²) in [6.07, 6.45) is -2.51. The number of amides is 1. The third-order valence-corrected chi connectivity index (χ3v) is 2.93. The molecule has 0 bridgehead atoms. The van der Waals surface area contributed by atoms with E-state index in [4.69, 9.17) is 5.11 Å². The highest BCUT2D eigenvalue weighted by Gasteiger charge is 2.18. The molecule has 0 aliphatic rings. The topological polar surface area (TPSA) is 40.5 Å². The van der Waals surface area contributed by atoms with Gasteiger partial charge in [0.2, 0.25) is 5.91 Å². The summed E-state index contributed by atoms with van der Waals surface area (Å²) in [5.41, 5.74) is 2.82. The lowest BCUT2D eigenvalue weighted by atomic mass is 10.0. The van der Waals surface area contributed by atoms with E-state index in [1.807, 2.05) is 32.0 Å². The minimum atomic E-state index is -2.59. The van der Waals surface area contributed by atoms with Crippen molar-refractivity contribution in [2.75, 3.05) is 19.7 Å². The molecule has 19 heavy (non-hydrogen) atoms. The lowest BCUT2D eigenvalue weighted by Gasteiger charge is -2.21. The van der Waals surface area contributed by atoms with Crippen molar-refractivity contribution in [1.29, 1.82) is 0 Å². The number of aryl methyl sites for hydroxylation is 2. The number of carbonyl (C=O) groups excluding carboxylic acids is 1. The van der Waals surface area contributed by atoms with Crippen molar-refractivity contribution in [3.63, 3.8) is 0 Å². The van der Waals surface area contributed by atoms with Gasteiger partial charge in [0, 0.05) is 6.54 Å². The minimum Gasteiger partial charge on any atom is -0.395 e. The number of carbonyl (C=O) groups is 1. The maximum Gasteiger partial charge on any atom is 0.255 e. The first-order chi connectivity index (χ1) is 8.93. The molecule has 1 N–H and O–H groups in total. The number of hydrogen-bond donors (Lipinski definition) is 1. The summed E-state index contributed by atoms with van der Waals surface area (Å²) in [5, 5.41) is 8.82. The maximum atomic E-state index is 12.4. The van der Waals surface area contributed by atoms with Crippen LogP contribution in [0, 0.1) is 13.8 Å². The van der Waals surface area contributed by atoms with Gasteiger partial charge in [-0.15, -0.1) is 0 Å². The summed E-state index contributed by atoms with van der Waals surface area (Å²) in [7, 11) is 0. The van der Waals surface area contributed by atoms with Gasteiger partial charge in [-0.2, -0.15) is 0 Å². The Kier molecular flexibility index (Phi) is 5.89. The van der Waals surface area contributed by atoms with Crippen molar-refractivity contribution < 1.29 is 18.7 Å². The van der Waals surface area contributed by atoms with Gasteiger partial charge in [0.05, 0.1) is 19.6 Å². The summed E-state index contributed by atoms with van der Waals surface area (Å²) < 4.78 is 24.8.